The van der Waals surface area contributed by atoms with E-state index >= 15 is 0 Å². The van der Waals surface area contributed by atoms with Crippen LogP contribution in [-0.2, 0) is 19.0 Å². The molecule has 7 nitrogen and oxygen atoms in total. The lowest BCUT2D eigenvalue weighted by Gasteiger charge is -2.16. The van der Waals surface area contributed by atoms with Gasteiger partial charge in [-0.25, -0.2) is 9.97 Å². The molecule has 3 heterocycles. The molecule has 1 unspecified atom stereocenters. The van der Waals surface area contributed by atoms with Crippen molar-refractivity contribution in [1.82, 2.24) is 9.97 Å². The number of anilines is 1. The Hall–Kier alpha value is -1.57. The van der Waals surface area contributed by atoms with Gasteiger partial charge in [-0.3, -0.25) is 4.79 Å². The van der Waals surface area contributed by atoms with Crippen LogP contribution in [0.4, 0.5) is 5.69 Å². The summed E-state index contributed by atoms with van der Waals surface area (Å²) in [6, 6.07) is 0. The van der Waals surface area contributed by atoms with Gasteiger partial charge in [0.25, 0.3) is 0 Å². The van der Waals surface area contributed by atoms with Gasteiger partial charge in [0.15, 0.2) is 11.6 Å². The van der Waals surface area contributed by atoms with Gasteiger partial charge in [-0.05, 0) is 33.6 Å². The van der Waals surface area contributed by atoms with E-state index in [1.165, 1.54) is 25.2 Å². The summed E-state index contributed by atoms with van der Waals surface area (Å²) in [7, 11) is 0. The molecule has 0 spiro atoms. The fourth-order valence-electron chi connectivity index (χ4n) is 2.20. The second-order valence-electron chi connectivity index (χ2n) is 5.73. The van der Waals surface area contributed by atoms with E-state index < -0.39 is 5.79 Å². The van der Waals surface area contributed by atoms with Crippen LogP contribution in [0.5, 0.6) is 0 Å². The van der Waals surface area contributed by atoms with Crippen molar-refractivity contribution in [1.29, 1.82) is 0 Å². The maximum absolute atomic E-state index is 10.2. The third-order valence-electron chi connectivity index (χ3n) is 3.35. The molecular weight excluding hydrogens is 310 g/mol. The van der Waals surface area contributed by atoms with Crippen LogP contribution in [0.15, 0.2) is 12.4 Å². The first-order valence-corrected chi connectivity index (χ1v) is 8.45. The summed E-state index contributed by atoms with van der Waals surface area (Å²) in [6.45, 7) is 11.2. The van der Waals surface area contributed by atoms with Crippen molar-refractivity contribution in [3.8, 4) is 0 Å². The van der Waals surface area contributed by atoms with Crippen LogP contribution < -0.4 is 5.32 Å². The van der Waals surface area contributed by atoms with Crippen molar-refractivity contribution >= 4 is 12.1 Å². The van der Waals surface area contributed by atoms with E-state index in [0.29, 0.717) is 30.6 Å². The molecule has 2 atom stereocenters. The van der Waals surface area contributed by atoms with E-state index in [-0.39, 0.29) is 6.10 Å². The summed E-state index contributed by atoms with van der Waals surface area (Å²) in [5.74, 6) is -0.0321. The minimum Gasteiger partial charge on any atom is -0.379 e. The summed E-state index contributed by atoms with van der Waals surface area (Å²) in [6.07, 6.45) is 6.47. The molecule has 2 saturated heterocycles. The number of rotatable bonds is 3. The summed E-state index contributed by atoms with van der Waals surface area (Å²) < 4.78 is 16.2. The zero-order chi connectivity index (χ0) is 18.0. The Morgan fingerprint density at radius 3 is 2.33 bits per heavy atom. The molecule has 0 saturated carbocycles. The molecule has 1 aromatic rings. The van der Waals surface area contributed by atoms with Crippen LogP contribution >= 0.6 is 0 Å². The van der Waals surface area contributed by atoms with E-state index in [2.05, 4.69) is 22.2 Å². The van der Waals surface area contributed by atoms with Crippen molar-refractivity contribution in [3.63, 3.8) is 0 Å². The van der Waals surface area contributed by atoms with Crippen LogP contribution in [-0.4, -0.2) is 41.5 Å². The molecule has 2 aliphatic rings. The predicted molar refractivity (Wildman–Crippen MR) is 91.6 cm³/mol. The van der Waals surface area contributed by atoms with Crippen LogP contribution in [0.25, 0.3) is 0 Å². The smallest absolute Gasteiger partial charge is 0.211 e. The molecule has 3 rings (SSSR count). The van der Waals surface area contributed by atoms with Gasteiger partial charge >= 0.3 is 0 Å². The topological polar surface area (TPSA) is 82.6 Å². The van der Waals surface area contributed by atoms with Gasteiger partial charge in [-0.1, -0.05) is 13.8 Å². The number of ether oxygens (including phenoxy) is 3. The van der Waals surface area contributed by atoms with Gasteiger partial charge in [-0.15, -0.1) is 0 Å². The SMILES string of the molecule is CC.CC1(C)OCC(c2ncc(NC=O)cn2)O1.C[C@@H]1CCCO1. The Balaban J connectivity index is 0.000000300. The first-order chi connectivity index (χ1) is 11.5. The number of amides is 1. The largest absolute Gasteiger partial charge is 0.379 e. The molecule has 2 fully saturated rings. The number of nitrogens with one attached hydrogen (secondary N) is 1. The first kappa shape index (κ1) is 20.5. The number of hydrogen-bond acceptors (Lipinski definition) is 6. The molecule has 1 amide bonds. The second-order valence-corrected chi connectivity index (χ2v) is 5.73. The highest BCUT2D eigenvalue weighted by atomic mass is 16.7. The van der Waals surface area contributed by atoms with Crippen LogP contribution in [0, 0.1) is 0 Å². The average molecular weight is 339 g/mol. The maximum Gasteiger partial charge on any atom is 0.211 e. The maximum atomic E-state index is 10.2. The van der Waals surface area contributed by atoms with Crippen LogP contribution in [0.3, 0.4) is 0 Å². The number of carbonyl (C=O) groups excluding carboxylic acids is 1. The van der Waals surface area contributed by atoms with Gasteiger partial charge in [0, 0.05) is 6.61 Å². The Bertz CT molecular complexity index is 473. The molecule has 7 heteroatoms. The van der Waals surface area contributed by atoms with Gasteiger partial charge in [0.05, 0.1) is 30.8 Å². The van der Waals surface area contributed by atoms with Crippen molar-refractivity contribution in [2.24, 2.45) is 0 Å². The normalized spacial score (nSPS) is 24.2. The van der Waals surface area contributed by atoms with Crippen LogP contribution in [0.1, 0.15) is 59.4 Å². The fourth-order valence-corrected chi connectivity index (χ4v) is 2.20. The van der Waals surface area contributed by atoms with Gasteiger partial charge in [-0.2, -0.15) is 0 Å². The Labute approximate surface area is 144 Å². The average Bonchev–Trinajstić information content (AvgIpc) is 3.19. The monoisotopic (exact) mass is 339 g/mol. The lowest BCUT2D eigenvalue weighted by molar-refractivity contribution is -0.139. The van der Waals surface area contributed by atoms with Crippen molar-refractivity contribution in [2.75, 3.05) is 18.5 Å². The fraction of sp³-hybridized carbons (Fsp3) is 0.706. The number of carbonyl (C=O) groups is 1. The van der Waals surface area contributed by atoms with E-state index in [9.17, 15) is 4.79 Å². The van der Waals surface area contributed by atoms with E-state index in [1.807, 2.05) is 27.7 Å². The molecule has 2 aliphatic heterocycles. The quantitative estimate of drug-likeness (QED) is 0.852. The zero-order valence-electron chi connectivity index (χ0n) is 15.2. The molecule has 136 valence electrons. The third-order valence-corrected chi connectivity index (χ3v) is 3.35. The Kier molecular flexibility index (Phi) is 8.81. The number of nitrogens with zero attached hydrogens (tertiary/aromatic N) is 2. The van der Waals surface area contributed by atoms with Crippen molar-refractivity contribution in [3.05, 3.63) is 18.2 Å². The van der Waals surface area contributed by atoms with E-state index in [0.717, 1.165) is 6.61 Å². The van der Waals surface area contributed by atoms with Gasteiger partial charge in [0.2, 0.25) is 6.41 Å². The summed E-state index contributed by atoms with van der Waals surface area (Å²) in [5.41, 5.74) is 0.553. The lowest BCUT2D eigenvalue weighted by Crippen LogP contribution is -2.20. The Morgan fingerprint density at radius 2 is 1.96 bits per heavy atom. The molecule has 1 N–H and O–H groups in total. The summed E-state index contributed by atoms with van der Waals surface area (Å²) in [5, 5.41) is 2.46. The van der Waals surface area contributed by atoms with Gasteiger partial charge in [0.1, 0.15) is 6.10 Å². The summed E-state index contributed by atoms with van der Waals surface area (Å²) in [4.78, 5) is 18.4. The summed E-state index contributed by atoms with van der Waals surface area (Å²) >= 11 is 0. The van der Waals surface area contributed by atoms with E-state index in [1.54, 1.807) is 0 Å². The minimum atomic E-state index is -0.590. The van der Waals surface area contributed by atoms with E-state index in [4.69, 9.17) is 14.2 Å². The molecule has 0 bridgehead atoms. The lowest BCUT2D eigenvalue weighted by atomic mass is 10.3. The van der Waals surface area contributed by atoms with Crippen molar-refractivity contribution < 1.29 is 19.0 Å². The molecule has 1 aromatic heterocycles. The highest BCUT2D eigenvalue weighted by Crippen LogP contribution is 2.30. The molecule has 0 radical (unpaired) electrons. The van der Waals surface area contributed by atoms with Crippen molar-refractivity contribution in [2.45, 2.75) is 65.5 Å². The Morgan fingerprint density at radius 1 is 1.29 bits per heavy atom. The highest BCUT2D eigenvalue weighted by molar-refractivity contribution is 5.69. The molecule has 0 aromatic carbocycles. The number of hydrogen-bond donors (Lipinski definition) is 1. The molecular formula is C17H29N3O4. The van der Waals surface area contributed by atoms with Crippen LogP contribution in [0.2, 0.25) is 0 Å². The standard InChI is InChI=1S/C10H13N3O3.C5H10O.C2H6/c1-10(2)15-5-8(16-10)9-11-3-7(4-12-9)13-6-14;1-5-3-2-4-6-5;1-2/h3-4,6,8H,5H2,1-2H3,(H,13,14);5H,2-4H2,1H3;1-2H3/t;5-;/m.1./s1. The second kappa shape index (κ2) is 10.3. The molecule has 0 aliphatic carbocycles. The predicted octanol–water partition coefficient (Wildman–Crippen LogP) is 3.08. The molecule has 24 heavy (non-hydrogen) atoms. The minimum absolute atomic E-state index is 0.250. The highest BCUT2D eigenvalue weighted by Gasteiger charge is 2.35. The third kappa shape index (κ3) is 6.90. The first-order valence-electron chi connectivity index (χ1n) is 8.45. The number of aromatic nitrogens is 2. The zero-order valence-corrected chi connectivity index (χ0v) is 15.2. The van der Waals surface area contributed by atoms with Gasteiger partial charge < -0.3 is 19.5 Å².